The smallest absolute Gasteiger partial charge is 0.343 e. The minimum absolute atomic E-state index is 0.394. The number of carbonyl (C=O) groups excluding carboxylic acids is 1. The van der Waals surface area contributed by atoms with E-state index in [-0.39, 0.29) is 0 Å². The second-order valence-electron chi connectivity index (χ2n) is 11.2. The van der Waals surface area contributed by atoms with Crippen LogP contribution in [0.15, 0.2) is 85.1 Å². The fourth-order valence-corrected chi connectivity index (χ4v) is 4.70. The number of carbonyl (C=O) groups is 1. The van der Waals surface area contributed by atoms with Crippen LogP contribution in [0.2, 0.25) is 0 Å². The van der Waals surface area contributed by atoms with E-state index in [1.807, 2.05) is 36.4 Å². The summed E-state index contributed by atoms with van der Waals surface area (Å²) in [6, 6.07) is 22.8. The number of hydrogen-bond acceptors (Lipinski definition) is 4. The van der Waals surface area contributed by atoms with Crippen LogP contribution >= 0.6 is 0 Å². The molecule has 42 heavy (non-hydrogen) atoms. The Hall–Kier alpha value is -3.53. The van der Waals surface area contributed by atoms with Crippen molar-refractivity contribution in [1.82, 2.24) is 0 Å². The van der Waals surface area contributed by atoms with Gasteiger partial charge in [-0.15, -0.1) is 0 Å². The molecule has 0 radical (unpaired) electrons. The lowest BCUT2D eigenvalue weighted by atomic mass is 10.0. The maximum absolute atomic E-state index is 12.6. The Kier molecular flexibility index (Phi) is 15.4. The number of ether oxygens (including phenoxy) is 3. The van der Waals surface area contributed by atoms with Crippen LogP contribution in [0.4, 0.5) is 0 Å². The molecule has 3 rings (SSSR count). The Morgan fingerprint density at radius 3 is 1.95 bits per heavy atom. The highest BCUT2D eigenvalue weighted by Gasteiger charge is 2.09. The van der Waals surface area contributed by atoms with Crippen molar-refractivity contribution in [1.29, 1.82) is 0 Å². The van der Waals surface area contributed by atoms with Gasteiger partial charge < -0.3 is 14.2 Å². The van der Waals surface area contributed by atoms with Crippen LogP contribution in [0, 0.1) is 5.92 Å². The Morgan fingerprint density at radius 2 is 1.29 bits per heavy atom. The molecular formula is C38H50O4. The molecular weight excluding hydrogens is 520 g/mol. The van der Waals surface area contributed by atoms with Crippen molar-refractivity contribution in [2.24, 2.45) is 5.92 Å². The van der Waals surface area contributed by atoms with E-state index < -0.39 is 5.97 Å². The Balaban J connectivity index is 1.37. The average molecular weight is 571 g/mol. The lowest BCUT2D eigenvalue weighted by Gasteiger charge is -2.10. The summed E-state index contributed by atoms with van der Waals surface area (Å²) in [7, 11) is 0. The Bertz CT molecular complexity index is 1160. The van der Waals surface area contributed by atoms with E-state index in [0.717, 1.165) is 42.2 Å². The topological polar surface area (TPSA) is 44.8 Å². The molecule has 0 aliphatic carbocycles. The Labute approximate surface area is 254 Å². The molecule has 3 aromatic carbocycles. The predicted octanol–water partition coefficient (Wildman–Crippen LogP) is 11.2. The van der Waals surface area contributed by atoms with E-state index in [1.165, 1.54) is 64.2 Å². The van der Waals surface area contributed by atoms with Crippen molar-refractivity contribution in [2.45, 2.75) is 97.8 Å². The maximum atomic E-state index is 12.6. The van der Waals surface area contributed by atoms with Crippen LogP contribution in [0.25, 0.3) is 11.1 Å². The first kappa shape index (κ1) is 33.0. The van der Waals surface area contributed by atoms with Crippen molar-refractivity contribution in [2.75, 3.05) is 6.61 Å². The van der Waals surface area contributed by atoms with Gasteiger partial charge in [0.25, 0.3) is 0 Å². The molecule has 0 fully saturated rings. The molecule has 0 spiro atoms. The second-order valence-corrected chi connectivity index (χ2v) is 11.2. The molecule has 1 atom stereocenters. The molecule has 0 saturated carbocycles. The minimum atomic E-state index is -0.394. The van der Waals surface area contributed by atoms with Crippen molar-refractivity contribution in [3.8, 4) is 28.4 Å². The molecule has 0 heterocycles. The van der Waals surface area contributed by atoms with Crippen LogP contribution in [0.3, 0.4) is 0 Å². The van der Waals surface area contributed by atoms with Gasteiger partial charge in [0.05, 0.1) is 18.4 Å². The first-order valence-electron chi connectivity index (χ1n) is 16.1. The summed E-state index contributed by atoms with van der Waals surface area (Å²) >= 11 is 0. The van der Waals surface area contributed by atoms with E-state index in [1.54, 1.807) is 30.5 Å². The summed E-state index contributed by atoms with van der Waals surface area (Å²) < 4.78 is 17.2. The van der Waals surface area contributed by atoms with Crippen LogP contribution in [-0.2, 0) is 0 Å². The fourth-order valence-electron chi connectivity index (χ4n) is 4.70. The average Bonchev–Trinajstić information content (AvgIpc) is 3.02. The molecule has 4 nitrogen and oxygen atoms in total. The Morgan fingerprint density at radius 1 is 0.690 bits per heavy atom. The fraction of sp³-hybridized carbons (Fsp3) is 0.447. The molecule has 0 N–H and O–H groups in total. The highest BCUT2D eigenvalue weighted by molar-refractivity contribution is 5.91. The van der Waals surface area contributed by atoms with Crippen molar-refractivity contribution < 1.29 is 19.0 Å². The molecule has 0 bridgehead atoms. The van der Waals surface area contributed by atoms with E-state index in [4.69, 9.17) is 14.2 Å². The van der Waals surface area contributed by atoms with Gasteiger partial charge in [-0.1, -0.05) is 103 Å². The van der Waals surface area contributed by atoms with Gasteiger partial charge in [0.2, 0.25) is 0 Å². The van der Waals surface area contributed by atoms with Gasteiger partial charge >= 0.3 is 5.97 Å². The van der Waals surface area contributed by atoms with E-state index in [9.17, 15) is 4.79 Å². The van der Waals surface area contributed by atoms with Gasteiger partial charge in [0.15, 0.2) is 0 Å². The maximum Gasteiger partial charge on any atom is 0.343 e. The van der Waals surface area contributed by atoms with E-state index >= 15 is 0 Å². The standard InChI is InChI=1S/C38H50O4/c1-4-6-7-8-9-10-11-14-29-40-36-25-21-34(22-26-36)38(39)42-37-27-19-33(20-28-37)32-17-23-35(24-18-32)41-30-15-12-13-16-31(3)5-2/h14,17-29,31H,4-13,15-16,30H2,1-3H3/b29-14+/t31-/m0/s1. The first-order chi connectivity index (χ1) is 20.6. The first-order valence-corrected chi connectivity index (χ1v) is 16.1. The van der Waals surface area contributed by atoms with Crippen LogP contribution in [0.5, 0.6) is 17.2 Å². The minimum Gasteiger partial charge on any atom is -0.494 e. The third-order valence-corrected chi connectivity index (χ3v) is 7.67. The van der Waals surface area contributed by atoms with Crippen LogP contribution in [0.1, 0.15) is 108 Å². The normalized spacial score (nSPS) is 11.9. The highest BCUT2D eigenvalue weighted by Crippen LogP contribution is 2.25. The summed E-state index contributed by atoms with van der Waals surface area (Å²) in [6.07, 6.45) is 18.7. The summed E-state index contributed by atoms with van der Waals surface area (Å²) in [5, 5.41) is 0. The highest BCUT2D eigenvalue weighted by atomic mass is 16.5. The molecule has 0 saturated heterocycles. The number of hydrogen-bond donors (Lipinski definition) is 0. The molecule has 226 valence electrons. The predicted molar refractivity (Wildman–Crippen MR) is 174 cm³/mol. The third kappa shape index (κ3) is 12.5. The van der Waals surface area contributed by atoms with Gasteiger partial charge in [-0.2, -0.15) is 0 Å². The molecule has 0 aromatic heterocycles. The number of benzene rings is 3. The summed E-state index contributed by atoms with van der Waals surface area (Å²) in [6.45, 7) is 7.58. The summed E-state index contributed by atoms with van der Waals surface area (Å²) in [4.78, 5) is 12.6. The van der Waals surface area contributed by atoms with E-state index in [2.05, 4.69) is 39.0 Å². The third-order valence-electron chi connectivity index (χ3n) is 7.67. The number of unbranched alkanes of at least 4 members (excludes halogenated alkanes) is 8. The van der Waals surface area contributed by atoms with Crippen molar-refractivity contribution in [3.63, 3.8) is 0 Å². The molecule has 0 aliphatic rings. The van der Waals surface area contributed by atoms with Gasteiger partial charge in [0, 0.05) is 0 Å². The van der Waals surface area contributed by atoms with Gasteiger partial charge in [-0.3, -0.25) is 0 Å². The van der Waals surface area contributed by atoms with Crippen molar-refractivity contribution >= 4 is 5.97 Å². The summed E-state index contributed by atoms with van der Waals surface area (Å²) in [5.41, 5.74) is 2.62. The lowest BCUT2D eigenvalue weighted by Crippen LogP contribution is -2.08. The second kappa shape index (κ2) is 19.6. The number of rotatable bonds is 20. The molecule has 0 aliphatic heterocycles. The number of allylic oxidation sites excluding steroid dienone is 1. The molecule has 0 unspecified atom stereocenters. The monoisotopic (exact) mass is 570 g/mol. The van der Waals surface area contributed by atoms with Crippen LogP contribution in [-0.4, -0.2) is 12.6 Å². The zero-order valence-electron chi connectivity index (χ0n) is 26.0. The zero-order chi connectivity index (χ0) is 29.8. The molecule has 0 amide bonds. The molecule has 3 aromatic rings. The van der Waals surface area contributed by atoms with Crippen LogP contribution < -0.4 is 14.2 Å². The largest absolute Gasteiger partial charge is 0.494 e. The number of esters is 1. The van der Waals surface area contributed by atoms with Gasteiger partial charge in [-0.25, -0.2) is 4.79 Å². The quantitative estimate of drug-likeness (QED) is 0.0586. The lowest BCUT2D eigenvalue weighted by molar-refractivity contribution is 0.0734. The van der Waals surface area contributed by atoms with Crippen molar-refractivity contribution in [3.05, 3.63) is 90.7 Å². The van der Waals surface area contributed by atoms with E-state index in [0.29, 0.717) is 17.1 Å². The SMILES string of the molecule is CCCCCCCC/C=C/Oc1ccc(C(=O)Oc2ccc(-c3ccc(OCCCCC[C@@H](C)CC)cc3)cc2)cc1. The summed E-state index contributed by atoms with van der Waals surface area (Å²) in [5.74, 6) is 2.53. The van der Waals surface area contributed by atoms with Gasteiger partial charge in [-0.05, 0) is 90.9 Å². The molecule has 4 heteroatoms. The van der Waals surface area contributed by atoms with Gasteiger partial charge in [0.1, 0.15) is 17.2 Å². The zero-order valence-corrected chi connectivity index (χ0v) is 26.0.